The number of methoxy groups -OCH3 is 2. The lowest BCUT2D eigenvalue weighted by Gasteiger charge is -2.31. The van der Waals surface area contributed by atoms with Gasteiger partial charge in [-0.3, -0.25) is 9.69 Å². The maximum atomic E-state index is 14.0. The lowest BCUT2D eigenvalue weighted by atomic mass is 9.94. The van der Waals surface area contributed by atoms with E-state index in [9.17, 15) is 9.59 Å². The number of hydrogen-bond donors (Lipinski definition) is 0. The maximum Gasteiger partial charge on any atom is 0.324 e. The summed E-state index contributed by atoms with van der Waals surface area (Å²) < 4.78 is 11.3. The number of carbonyl (C=O) groups is 2. The van der Waals surface area contributed by atoms with Crippen molar-refractivity contribution in [3.8, 4) is 22.1 Å². The molecule has 3 aromatic rings. The number of thiazole rings is 1. The Hall–Kier alpha value is -3.85. The molecule has 9 heteroatoms. The third kappa shape index (κ3) is 6.10. The first kappa shape index (κ1) is 28.7. The van der Waals surface area contributed by atoms with E-state index in [-0.39, 0.29) is 17.9 Å². The average Bonchev–Trinajstić information content (AvgIpc) is 3.44. The number of ether oxygens (including phenoxy) is 2. The molecule has 216 valence electrons. The smallest absolute Gasteiger partial charge is 0.324 e. The van der Waals surface area contributed by atoms with Crippen LogP contribution in [0.5, 0.6) is 11.5 Å². The van der Waals surface area contributed by atoms with Crippen molar-refractivity contribution in [2.75, 3.05) is 40.4 Å². The molecule has 0 N–H and O–H groups in total. The Kier molecular flexibility index (Phi) is 8.93. The zero-order valence-electron chi connectivity index (χ0n) is 24.3. The van der Waals surface area contributed by atoms with Crippen molar-refractivity contribution < 1.29 is 19.1 Å². The fourth-order valence-electron chi connectivity index (χ4n) is 5.76. The Morgan fingerprint density at radius 2 is 1.85 bits per heavy atom. The summed E-state index contributed by atoms with van der Waals surface area (Å²) in [5.41, 5.74) is 4.57. The van der Waals surface area contributed by atoms with Gasteiger partial charge in [-0.1, -0.05) is 43.3 Å². The standard InChI is InChI=1S/C32H38N4O4S/c1-5-34-15-10-16-35(31(37)27-21-41-30(33-27)23-11-7-6-8-12-23)14-9-13-25-17-22(2)29-24(20-36(25)32(34)38)18-26(39-3)19-28(29)40-4/h6-8,11-12,17-19,21-22H,5,9-10,13-16,20H2,1-4H3. The van der Waals surface area contributed by atoms with E-state index in [2.05, 4.69) is 18.0 Å². The number of nitrogens with zero attached hydrogens (tertiary/aromatic N) is 4. The number of benzene rings is 2. The predicted octanol–water partition coefficient (Wildman–Crippen LogP) is 6.40. The van der Waals surface area contributed by atoms with Crippen molar-refractivity contribution in [2.45, 2.75) is 45.6 Å². The van der Waals surface area contributed by atoms with Gasteiger partial charge in [0.25, 0.3) is 5.91 Å². The Labute approximate surface area is 246 Å². The molecule has 2 aromatic carbocycles. The summed E-state index contributed by atoms with van der Waals surface area (Å²) in [4.78, 5) is 37.9. The number of aromatic nitrogens is 1. The minimum Gasteiger partial charge on any atom is -0.497 e. The lowest BCUT2D eigenvalue weighted by Crippen LogP contribution is -2.43. The zero-order chi connectivity index (χ0) is 28.9. The summed E-state index contributed by atoms with van der Waals surface area (Å²) in [5, 5.41) is 2.70. The molecule has 1 atom stereocenters. The van der Waals surface area contributed by atoms with Crippen LogP contribution in [-0.2, 0) is 6.54 Å². The summed E-state index contributed by atoms with van der Waals surface area (Å²) in [7, 11) is 3.31. The summed E-state index contributed by atoms with van der Waals surface area (Å²) in [6.07, 6.45) is 4.30. The molecule has 0 spiro atoms. The van der Waals surface area contributed by atoms with E-state index in [1.54, 1.807) is 14.2 Å². The fraction of sp³-hybridized carbons (Fsp3) is 0.406. The van der Waals surface area contributed by atoms with Crippen molar-refractivity contribution in [3.05, 3.63) is 76.4 Å². The molecule has 5 rings (SSSR count). The highest BCUT2D eigenvalue weighted by Crippen LogP contribution is 2.40. The summed E-state index contributed by atoms with van der Waals surface area (Å²) in [5.74, 6) is 1.46. The van der Waals surface area contributed by atoms with E-state index < -0.39 is 0 Å². The Morgan fingerprint density at radius 3 is 2.59 bits per heavy atom. The Bertz CT molecular complexity index is 1420. The number of rotatable bonds is 5. The highest BCUT2D eigenvalue weighted by atomic mass is 32.1. The van der Waals surface area contributed by atoms with Crippen LogP contribution >= 0.6 is 11.3 Å². The van der Waals surface area contributed by atoms with Crippen LogP contribution in [0.25, 0.3) is 10.6 Å². The molecule has 2 aliphatic heterocycles. The van der Waals surface area contributed by atoms with Crippen LogP contribution in [0.1, 0.15) is 60.6 Å². The van der Waals surface area contributed by atoms with Crippen molar-refractivity contribution in [2.24, 2.45) is 0 Å². The first-order valence-electron chi connectivity index (χ1n) is 14.3. The van der Waals surface area contributed by atoms with Gasteiger partial charge in [-0.25, -0.2) is 9.78 Å². The van der Waals surface area contributed by atoms with Crippen LogP contribution < -0.4 is 9.47 Å². The van der Waals surface area contributed by atoms with Gasteiger partial charge in [0, 0.05) is 60.4 Å². The van der Waals surface area contributed by atoms with Gasteiger partial charge >= 0.3 is 6.03 Å². The second kappa shape index (κ2) is 12.8. The minimum absolute atomic E-state index is 0.00707. The van der Waals surface area contributed by atoms with Crippen LogP contribution in [0.15, 0.2) is 59.6 Å². The van der Waals surface area contributed by atoms with Crippen LogP contribution in [0, 0.1) is 0 Å². The van der Waals surface area contributed by atoms with Gasteiger partial charge in [0.15, 0.2) is 0 Å². The van der Waals surface area contributed by atoms with Crippen molar-refractivity contribution >= 4 is 23.3 Å². The molecule has 0 aliphatic carbocycles. The molecule has 8 nitrogen and oxygen atoms in total. The fourth-order valence-corrected chi connectivity index (χ4v) is 6.56. The molecule has 0 saturated carbocycles. The molecule has 2 aliphatic rings. The van der Waals surface area contributed by atoms with E-state index in [1.165, 1.54) is 11.3 Å². The van der Waals surface area contributed by atoms with Gasteiger partial charge in [-0.05, 0) is 37.8 Å². The SMILES string of the molecule is CCN1CCCN(C(=O)c2csc(-c3ccccc3)n2)CCCC2=CC(C)c3c(cc(OC)cc3OC)CN2C1=O. The monoisotopic (exact) mass is 574 g/mol. The van der Waals surface area contributed by atoms with Gasteiger partial charge in [0.05, 0.1) is 20.8 Å². The largest absolute Gasteiger partial charge is 0.497 e. The first-order valence-corrected chi connectivity index (χ1v) is 15.1. The Balaban J connectivity index is 1.41. The molecule has 1 unspecified atom stereocenters. The lowest BCUT2D eigenvalue weighted by molar-refractivity contribution is 0.0744. The van der Waals surface area contributed by atoms with Crippen molar-refractivity contribution in [1.29, 1.82) is 0 Å². The van der Waals surface area contributed by atoms with Crippen molar-refractivity contribution in [1.82, 2.24) is 19.7 Å². The molecule has 0 bridgehead atoms. The maximum absolute atomic E-state index is 14.0. The van der Waals surface area contributed by atoms with Crippen LogP contribution in [0.2, 0.25) is 0 Å². The van der Waals surface area contributed by atoms with Crippen LogP contribution in [0.4, 0.5) is 4.79 Å². The van der Waals surface area contributed by atoms with Crippen LogP contribution in [-0.4, -0.2) is 72.0 Å². The third-order valence-electron chi connectivity index (χ3n) is 7.86. The van der Waals surface area contributed by atoms with E-state index in [0.29, 0.717) is 57.0 Å². The van der Waals surface area contributed by atoms with E-state index in [0.717, 1.165) is 39.6 Å². The highest BCUT2D eigenvalue weighted by Gasteiger charge is 2.31. The number of allylic oxidation sites excluding steroid dienone is 2. The van der Waals surface area contributed by atoms with Gasteiger partial charge in [-0.2, -0.15) is 0 Å². The molecule has 3 amide bonds. The van der Waals surface area contributed by atoms with E-state index in [1.807, 2.05) is 69.5 Å². The normalized spacial score (nSPS) is 18.0. The number of urea groups is 1. The summed E-state index contributed by atoms with van der Waals surface area (Å²) >= 11 is 1.49. The second-order valence-electron chi connectivity index (χ2n) is 10.5. The first-order chi connectivity index (χ1) is 19.9. The Morgan fingerprint density at radius 1 is 1.07 bits per heavy atom. The number of carbonyl (C=O) groups excluding carboxylic acids is 2. The van der Waals surface area contributed by atoms with Gasteiger partial charge in [0.2, 0.25) is 0 Å². The second-order valence-corrected chi connectivity index (χ2v) is 11.3. The molecule has 1 saturated heterocycles. The van der Waals surface area contributed by atoms with E-state index in [4.69, 9.17) is 9.47 Å². The molecular formula is C32H38N4O4S. The highest BCUT2D eigenvalue weighted by molar-refractivity contribution is 7.13. The van der Waals surface area contributed by atoms with Crippen molar-refractivity contribution in [3.63, 3.8) is 0 Å². The molecule has 1 aromatic heterocycles. The summed E-state index contributed by atoms with van der Waals surface area (Å²) in [6.45, 7) is 6.92. The third-order valence-corrected chi connectivity index (χ3v) is 8.75. The zero-order valence-corrected chi connectivity index (χ0v) is 25.1. The predicted molar refractivity (Wildman–Crippen MR) is 162 cm³/mol. The van der Waals surface area contributed by atoms with Gasteiger partial charge in [0.1, 0.15) is 22.2 Å². The number of fused-ring (bicyclic) bond motifs is 2. The molecular weight excluding hydrogens is 536 g/mol. The van der Waals surface area contributed by atoms with E-state index >= 15 is 0 Å². The topological polar surface area (TPSA) is 75.2 Å². The van der Waals surface area contributed by atoms with Gasteiger partial charge in [-0.15, -0.1) is 11.3 Å². The average molecular weight is 575 g/mol. The van der Waals surface area contributed by atoms with Gasteiger partial charge < -0.3 is 19.3 Å². The minimum atomic E-state index is -0.0543. The quantitative estimate of drug-likeness (QED) is 0.353. The number of hydrogen-bond acceptors (Lipinski definition) is 6. The van der Waals surface area contributed by atoms with Crippen LogP contribution in [0.3, 0.4) is 0 Å². The summed E-state index contributed by atoms with van der Waals surface area (Å²) in [6, 6.07) is 13.8. The molecule has 0 radical (unpaired) electrons. The molecule has 3 heterocycles. The molecule has 1 fully saturated rings. The molecule has 41 heavy (non-hydrogen) atoms. The number of amides is 3.